The minimum Gasteiger partial charge on any atom is -0.490 e. The van der Waals surface area contributed by atoms with Crippen molar-refractivity contribution in [2.45, 2.75) is 6.92 Å². The zero-order valence-corrected chi connectivity index (χ0v) is 25.6. The Morgan fingerprint density at radius 1 is 1.05 bits per heavy atom. The average Bonchev–Trinajstić information content (AvgIpc) is 3.47. The smallest absolute Gasteiger partial charge is 0.282 e. The van der Waals surface area contributed by atoms with Gasteiger partial charge in [0.2, 0.25) is 5.82 Å². The molecule has 0 spiro atoms. The second-order valence-electron chi connectivity index (χ2n) is 9.52. The Labute approximate surface area is 264 Å². The van der Waals surface area contributed by atoms with Crippen molar-refractivity contribution in [1.29, 1.82) is 0 Å². The van der Waals surface area contributed by atoms with E-state index in [4.69, 9.17) is 30.5 Å². The number of ether oxygens (including phenoxy) is 2. The third-order valence-electron chi connectivity index (χ3n) is 6.57. The highest BCUT2D eigenvalue weighted by molar-refractivity contribution is 9.10. The molecule has 44 heavy (non-hydrogen) atoms. The Morgan fingerprint density at radius 2 is 1.80 bits per heavy atom. The van der Waals surface area contributed by atoms with Crippen LogP contribution in [-0.2, 0) is 4.79 Å². The monoisotopic (exact) mass is 670 g/mol. The first kappa shape index (κ1) is 29.2. The molecule has 0 aliphatic heterocycles. The van der Waals surface area contributed by atoms with Crippen molar-refractivity contribution < 1.29 is 18.7 Å². The number of carbonyl (C=O) groups is 1. The van der Waals surface area contributed by atoms with Gasteiger partial charge in [-0.25, -0.2) is 4.98 Å². The van der Waals surface area contributed by atoms with E-state index in [1.165, 1.54) is 10.9 Å². The van der Waals surface area contributed by atoms with Crippen LogP contribution in [0, 0.1) is 0 Å². The summed E-state index contributed by atoms with van der Waals surface area (Å²) in [7, 11) is 0. The number of nitrogens with zero attached hydrogens (tertiary/aromatic N) is 3. The number of hydrogen-bond acceptors (Lipinski definition) is 7. The molecule has 0 unspecified atom stereocenters. The van der Waals surface area contributed by atoms with Crippen LogP contribution in [0.25, 0.3) is 33.5 Å². The molecule has 0 aliphatic rings. The van der Waals surface area contributed by atoms with E-state index in [-0.39, 0.29) is 34.7 Å². The number of amides is 1. The first-order chi connectivity index (χ1) is 21.4. The summed E-state index contributed by atoms with van der Waals surface area (Å²) in [6.45, 7) is 1.83. The normalized spacial score (nSPS) is 11.3. The molecule has 2 heterocycles. The van der Waals surface area contributed by atoms with Crippen LogP contribution in [0.3, 0.4) is 0 Å². The highest BCUT2D eigenvalue weighted by Gasteiger charge is 2.20. The predicted molar refractivity (Wildman–Crippen MR) is 175 cm³/mol. The van der Waals surface area contributed by atoms with Crippen LogP contribution in [0.5, 0.6) is 11.5 Å². The Morgan fingerprint density at radius 3 is 2.59 bits per heavy atom. The second-order valence-corrected chi connectivity index (χ2v) is 10.7. The van der Waals surface area contributed by atoms with Gasteiger partial charge in [0.1, 0.15) is 10.6 Å². The molecule has 0 bridgehead atoms. The van der Waals surface area contributed by atoms with Crippen LogP contribution in [0.4, 0.5) is 5.69 Å². The topological polar surface area (TPSA) is 108 Å². The van der Waals surface area contributed by atoms with Gasteiger partial charge in [0.25, 0.3) is 11.5 Å². The molecule has 0 atom stereocenters. The zero-order chi connectivity index (χ0) is 30.6. The van der Waals surface area contributed by atoms with Crippen LogP contribution in [0.15, 0.2) is 110 Å². The van der Waals surface area contributed by atoms with E-state index < -0.39 is 0 Å². The molecule has 220 valence electrons. The fraction of sp³-hybridized carbons (Fsp3) is 0.0909. The SMILES string of the molecule is CCOc1cc(C=Nn2c(-c3cc4ccccc4o3)nc3ccccc3c2=O)c(Br)c(Cl)c1OCC(=O)Nc1ccccc1. The van der Waals surface area contributed by atoms with Crippen molar-refractivity contribution in [3.05, 3.63) is 116 Å². The molecule has 0 saturated carbocycles. The number of nitrogens with one attached hydrogen (secondary N) is 1. The van der Waals surface area contributed by atoms with E-state index in [0.717, 1.165) is 5.39 Å². The van der Waals surface area contributed by atoms with Crippen LogP contribution in [0.1, 0.15) is 12.5 Å². The largest absolute Gasteiger partial charge is 0.490 e. The minimum atomic E-state index is -0.376. The molecule has 4 aromatic carbocycles. The summed E-state index contributed by atoms with van der Waals surface area (Å²) < 4.78 is 19.3. The number of benzene rings is 4. The lowest BCUT2D eigenvalue weighted by Gasteiger charge is -2.16. The Balaban J connectivity index is 1.37. The number of para-hydroxylation sites is 3. The maximum Gasteiger partial charge on any atom is 0.282 e. The van der Waals surface area contributed by atoms with Crippen LogP contribution < -0.4 is 20.3 Å². The van der Waals surface area contributed by atoms with Gasteiger partial charge in [-0.1, -0.05) is 60.1 Å². The molecule has 11 heteroatoms. The molecule has 0 aliphatic carbocycles. The van der Waals surface area contributed by atoms with Crippen molar-refractivity contribution in [2.75, 3.05) is 18.5 Å². The molecule has 6 rings (SSSR count). The highest BCUT2D eigenvalue weighted by atomic mass is 79.9. The second kappa shape index (κ2) is 12.7. The lowest BCUT2D eigenvalue weighted by atomic mass is 10.2. The first-order valence-electron chi connectivity index (χ1n) is 13.6. The number of rotatable bonds is 9. The third kappa shape index (κ3) is 5.95. The predicted octanol–water partition coefficient (Wildman–Crippen LogP) is 7.52. The number of hydrogen-bond donors (Lipinski definition) is 1. The minimum absolute atomic E-state index is 0.173. The summed E-state index contributed by atoms with van der Waals surface area (Å²) in [6.07, 6.45) is 1.47. The van der Waals surface area contributed by atoms with Crippen molar-refractivity contribution in [2.24, 2.45) is 5.10 Å². The quantitative estimate of drug-likeness (QED) is 0.159. The van der Waals surface area contributed by atoms with Crippen LogP contribution >= 0.6 is 27.5 Å². The van der Waals surface area contributed by atoms with Crippen LogP contribution in [0.2, 0.25) is 5.02 Å². The van der Waals surface area contributed by atoms with Gasteiger partial charge in [0.15, 0.2) is 23.9 Å². The van der Waals surface area contributed by atoms with E-state index in [0.29, 0.717) is 50.3 Å². The van der Waals surface area contributed by atoms with E-state index in [1.54, 1.807) is 36.4 Å². The Hall–Kier alpha value is -4.93. The standard InChI is InChI=1S/C33H24BrClN4O5/c1-2-42-26-17-21(29(34)30(35)31(26)43-19-28(40)37-22-11-4-3-5-12-22)18-36-39-32(27-16-20-10-6-9-15-25(20)44-27)38-24-14-8-7-13-23(24)33(39)41/h3-18H,2,19H2,1H3,(H,37,40). The fourth-order valence-corrected chi connectivity index (χ4v) is 5.21. The summed E-state index contributed by atoms with van der Waals surface area (Å²) in [5.74, 6) is 0.746. The molecule has 1 amide bonds. The molecule has 0 radical (unpaired) electrons. The molecule has 6 aromatic rings. The van der Waals surface area contributed by atoms with Crippen molar-refractivity contribution >= 4 is 67.2 Å². The van der Waals surface area contributed by atoms with Gasteiger partial charge in [0.05, 0.1) is 23.7 Å². The zero-order valence-electron chi connectivity index (χ0n) is 23.3. The maximum absolute atomic E-state index is 13.7. The Kier molecular flexibility index (Phi) is 8.44. The summed E-state index contributed by atoms with van der Waals surface area (Å²) in [5.41, 5.74) is 1.93. The fourth-order valence-electron chi connectivity index (χ4n) is 4.55. The lowest BCUT2D eigenvalue weighted by Crippen LogP contribution is -2.20. The number of anilines is 1. The number of fused-ring (bicyclic) bond motifs is 2. The molecule has 2 aromatic heterocycles. The van der Waals surface area contributed by atoms with E-state index in [2.05, 4.69) is 26.3 Å². The maximum atomic E-state index is 13.7. The van der Waals surface area contributed by atoms with E-state index in [1.807, 2.05) is 61.5 Å². The lowest BCUT2D eigenvalue weighted by molar-refractivity contribution is -0.118. The van der Waals surface area contributed by atoms with Gasteiger partial charge in [-0.05, 0) is 65.3 Å². The van der Waals surface area contributed by atoms with E-state index >= 15 is 0 Å². The van der Waals surface area contributed by atoms with Gasteiger partial charge in [0, 0.05) is 21.1 Å². The number of aromatic nitrogens is 2. The summed E-state index contributed by atoms with van der Waals surface area (Å²) in [4.78, 5) is 30.9. The highest BCUT2D eigenvalue weighted by Crippen LogP contribution is 2.42. The molecule has 1 N–H and O–H groups in total. The van der Waals surface area contributed by atoms with Gasteiger partial charge in [-0.2, -0.15) is 9.78 Å². The summed E-state index contributed by atoms with van der Waals surface area (Å²) >= 11 is 10.2. The average molecular weight is 672 g/mol. The van der Waals surface area contributed by atoms with Crippen molar-refractivity contribution in [3.63, 3.8) is 0 Å². The number of halogens is 2. The molecule has 0 saturated heterocycles. The molecule has 0 fully saturated rings. The van der Waals surface area contributed by atoms with Gasteiger partial charge in [-0.15, -0.1) is 0 Å². The summed E-state index contributed by atoms with van der Waals surface area (Å²) in [6, 6.07) is 27.1. The number of furan rings is 1. The summed E-state index contributed by atoms with van der Waals surface area (Å²) in [5, 5.41) is 8.74. The van der Waals surface area contributed by atoms with Gasteiger partial charge >= 0.3 is 0 Å². The number of carbonyl (C=O) groups excluding carboxylic acids is 1. The van der Waals surface area contributed by atoms with Crippen molar-refractivity contribution in [1.82, 2.24) is 9.66 Å². The molecular weight excluding hydrogens is 648 g/mol. The molecule has 9 nitrogen and oxygen atoms in total. The third-order valence-corrected chi connectivity index (χ3v) is 8.02. The van der Waals surface area contributed by atoms with Gasteiger partial charge < -0.3 is 19.2 Å². The Bertz CT molecular complexity index is 2060. The molecular formula is C33H24BrClN4O5. The van der Waals surface area contributed by atoms with Gasteiger partial charge in [-0.3, -0.25) is 9.59 Å². The van der Waals surface area contributed by atoms with Crippen molar-refractivity contribution in [3.8, 4) is 23.1 Å². The first-order valence-corrected chi connectivity index (χ1v) is 14.8. The van der Waals surface area contributed by atoms with Crippen LogP contribution in [-0.4, -0.2) is 35.0 Å². The van der Waals surface area contributed by atoms with E-state index in [9.17, 15) is 9.59 Å².